The number of rotatable bonds is 5. The van der Waals surface area contributed by atoms with Crippen LogP contribution in [0.2, 0.25) is 0 Å². The number of hydrogen-bond donors (Lipinski definition) is 2. The van der Waals surface area contributed by atoms with E-state index in [9.17, 15) is 9.59 Å². The molecule has 2 amide bonds. The van der Waals surface area contributed by atoms with Crippen LogP contribution in [0.4, 0.5) is 5.69 Å². The molecule has 0 fully saturated rings. The van der Waals surface area contributed by atoms with E-state index >= 15 is 0 Å². The molecule has 0 unspecified atom stereocenters. The van der Waals surface area contributed by atoms with Gasteiger partial charge in [-0.2, -0.15) is 5.10 Å². The van der Waals surface area contributed by atoms with Crippen molar-refractivity contribution < 1.29 is 14.0 Å². The van der Waals surface area contributed by atoms with Crippen molar-refractivity contribution in [3.63, 3.8) is 0 Å². The number of furan rings is 1. The number of aryl methyl sites for hydroxylation is 1. The number of anilines is 1. The van der Waals surface area contributed by atoms with Crippen molar-refractivity contribution in [2.24, 2.45) is 0 Å². The molecule has 26 heavy (non-hydrogen) atoms. The minimum absolute atomic E-state index is 0.133. The molecule has 0 radical (unpaired) electrons. The molecule has 7 nitrogen and oxygen atoms in total. The minimum atomic E-state index is -0.459. The van der Waals surface area contributed by atoms with Crippen molar-refractivity contribution in [3.8, 4) is 5.69 Å². The van der Waals surface area contributed by atoms with E-state index in [-0.39, 0.29) is 18.2 Å². The van der Waals surface area contributed by atoms with Gasteiger partial charge >= 0.3 is 0 Å². The van der Waals surface area contributed by atoms with Gasteiger partial charge < -0.3 is 15.1 Å². The van der Waals surface area contributed by atoms with Gasteiger partial charge in [0.2, 0.25) is 5.91 Å². The maximum atomic E-state index is 12.2. The first-order valence-corrected chi connectivity index (χ1v) is 8.70. The van der Waals surface area contributed by atoms with Crippen LogP contribution in [0.5, 0.6) is 0 Å². The van der Waals surface area contributed by atoms with Gasteiger partial charge in [0.25, 0.3) is 5.91 Å². The van der Waals surface area contributed by atoms with E-state index in [4.69, 9.17) is 4.42 Å². The number of nitrogens with one attached hydrogen (secondary N) is 2. The van der Waals surface area contributed by atoms with Gasteiger partial charge in [-0.1, -0.05) is 18.2 Å². The first kappa shape index (κ1) is 17.9. The molecular formula is C18H17BrN4O3. The van der Waals surface area contributed by atoms with Crippen LogP contribution in [0.15, 0.2) is 51.6 Å². The Kier molecular flexibility index (Phi) is 5.22. The number of nitrogens with zero attached hydrogens (tertiary/aromatic N) is 2. The summed E-state index contributed by atoms with van der Waals surface area (Å²) < 4.78 is 7.36. The average molecular weight is 417 g/mol. The number of para-hydroxylation sites is 1. The molecule has 0 saturated carbocycles. The topological polar surface area (TPSA) is 89.2 Å². The summed E-state index contributed by atoms with van der Waals surface area (Å²) in [7, 11) is 0. The van der Waals surface area contributed by atoms with Crippen molar-refractivity contribution in [1.29, 1.82) is 0 Å². The van der Waals surface area contributed by atoms with Crippen LogP contribution in [0.3, 0.4) is 0 Å². The SMILES string of the molecule is Cc1nn(-c2ccccc2)c(C)c1NC(=O)CNC(=O)c1ccc(Br)o1. The number of carbonyl (C=O) groups excluding carboxylic acids is 2. The molecule has 8 heteroatoms. The van der Waals surface area contributed by atoms with Crippen molar-refractivity contribution in [1.82, 2.24) is 15.1 Å². The third-order valence-electron chi connectivity index (χ3n) is 3.76. The lowest BCUT2D eigenvalue weighted by atomic mass is 10.3. The van der Waals surface area contributed by atoms with Gasteiger partial charge in [0, 0.05) is 0 Å². The lowest BCUT2D eigenvalue weighted by Gasteiger charge is -2.07. The van der Waals surface area contributed by atoms with E-state index in [2.05, 4.69) is 31.7 Å². The number of halogens is 1. The third-order valence-corrected chi connectivity index (χ3v) is 4.19. The smallest absolute Gasteiger partial charge is 0.287 e. The fourth-order valence-corrected chi connectivity index (χ4v) is 2.82. The van der Waals surface area contributed by atoms with Gasteiger partial charge in [-0.25, -0.2) is 4.68 Å². The Bertz CT molecular complexity index is 947. The first-order valence-electron chi connectivity index (χ1n) is 7.90. The van der Waals surface area contributed by atoms with Crippen LogP contribution in [0.25, 0.3) is 5.69 Å². The second-order valence-electron chi connectivity index (χ2n) is 5.63. The molecular weight excluding hydrogens is 400 g/mol. The van der Waals surface area contributed by atoms with Crippen molar-refractivity contribution in [2.75, 3.05) is 11.9 Å². The highest BCUT2D eigenvalue weighted by molar-refractivity contribution is 9.10. The maximum Gasteiger partial charge on any atom is 0.287 e. The van der Waals surface area contributed by atoms with E-state index < -0.39 is 5.91 Å². The Morgan fingerprint density at radius 1 is 1.15 bits per heavy atom. The number of benzene rings is 1. The van der Waals surface area contributed by atoms with Gasteiger partial charge in [-0.3, -0.25) is 9.59 Å². The molecule has 0 aliphatic carbocycles. The molecule has 3 aromatic rings. The van der Waals surface area contributed by atoms with Gasteiger partial charge in [0.05, 0.1) is 29.3 Å². The van der Waals surface area contributed by atoms with Crippen LogP contribution in [-0.2, 0) is 4.79 Å². The van der Waals surface area contributed by atoms with Gasteiger partial charge in [0.1, 0.15) is 0 Å². The molecule has 134 valence electrons. The maximum absolute atomic E-state index is 12.2. The zero-order chi connectivity index (χ0) is 18.7. The Hall–Kier alpha value is -2.87. The monoisotopic (exact) mass is 416 g/mol. The number of carbonyl (C=O) groups is 2. The number of aromatic nitrogens is 2. The first-order chi connectivity index (χ1) is 12.5. The summed E-state index contributed by atoms with van der Waals surface area (Å²) >= 11 is 3.13. The Morgan fingerprint density at radius 2 is 1.88 bits per heavy atom. The molecule has 0 aliphatic rings. The van der Waals surface area contributed by atoms with Gasteiger partial charge in [-0.05, 0) is 54.0 Å². The molecule has 2 heterocycles. The Balaban J connectivity index is 1.66. The van der Waals surface area contributed by atoms with Crippen LogP contribution < -0.4 is 10.6 Å². The standard InChI is InChI=1S/C18H17BrN4O3/c1-11-17(12(2)23(22-11)13-6-4-3-5-7-13)21-16(24)10-20-18(25)14-8-9-15(19)26-14/h3-9H,10H2,1-2H3,(H,20,25)(H,21,24). The lowest BCUT2D eigenvalue weighted by Crippen LogP contribution is -2.32. The predicted molar refractivity (Wildman–Crippen MR) is 100 cm³/mol. The second kappa shape index (κ2) is 7.57. The van der Waals surface area contributed by atoms with Gasteiger partial charge in [-0.15, -0.1) is 0 Å². The quantitative estimate of drug-likeness (QED) is 0.667. The Morgan fingerprint density at radius 3 is 2.54 bits per heavy atom. The zero-order valence-electron chi connectivity index (χ0n) is 14.2. The highest BCUT2D eigenvalue weighted by atomic mass is 79.9. The number of hydrogen-bond acceptors (Lipinski definition) is 4. The molecule has 0 spiro atoms. The average Bonchev–Trinajstić information content (AvgIpc) is 3.19. The fraction of sp³-hybridized carbons (Fsp3) is 0.167. The summed E-state index contributed by atoms with van der Waals surface area (Å²) in [6.45, 7) is 3.52. The van der Waals surface area contributed by atoms with E-state index in [0.717, 1.165) is 11.4 Å². The summed E-state index contributed by atoms with van der Waals surface area (Å²) in [5.41, 5.74) is 3.04. The normalized spacial score (nSPS) is 10.6. The number of amides is 2. The Labute approximate surface area is 158 Å². The van der Waals surface area contributed by atoms with E-state index in [0.29, 0.717) is 16.1 Å². The molecule has 1 aromatic carbocycles. The summed E-state index contributed by atoms with van der Waals surface area (Å²) in [6.07, 6.45) is 0. The van der Waals surface area contributed by atoms with E-state index in [1.54, 1.807) is 10.7 Å². The molecule has 3 rings (SSSR count). The van der Waals surface area contributed by atoms with E-state index in [1.165, 1.54) is 6.07 Å². The highest BCUT2D eigenvalue weighted by Crippen LogP contribution is 2.22. The summed E-state index contributed by atoms with van der Waals surface area (Å²) in [5, 5.41) is 9.79. The van der Waals surface area contributed by atoms with Crippen LogP contribution in [0.1, 0.15) is 21.9 Å². The molecule has 2 aromatic heterocycles. The van der Waals surface area contributed by atoms with Gasteiger partial charge in [0.15, 0.2) is 10.4 Å². The molecule has 2 N–H and O–H groups in total. The lowest BCUT2D eigenvalue weighted by molar-refractivity contribution is -0.115. The van der Waals surface area contributed by atoms with Crippen LogP contribution in [-0.4, -0.2) is 28.1 Å². The zero-order valence-corrected chi connectivity index (χ0v) is 15.8. The molecule has 0 aliphatic heterocycles. The summed E-state index contributed by atoms with van der Waals surface area (Å²) in [4.78, 5) is 24.1. The molecule has 0 atom stereocenters. The highest BCUT2D eigenvalue weighted by Gasteiger charge is 2.16. The second-order valence-corrected chi connectivity index (χ2v) is 6.41. The van der Waals surface area contributed by atoms with Crippen LogP contribution >= 0.6 is 15.9 Å². The third kappa shape index (κ3) is 3.85. The van der Waals surface area contributed by atoms with Crippen LogP contribution in [0, 0.1) is 13.8 Å². The van der Waals surface area contributed by atoms with Crippen molar-refractivity contribution in [2.45, 2.75) is 13.8 Å². The largest absolute Gasteiger partial charge is 0.444 e. The van der Waals surface area contributed by atoms with E-state index in [1.807, 2.05) is 44.2 Å². The fourth-order valence-electron chi connectivity index (χ4n) is 2.51. The molecule has 0 saturated heterocycles. The summed E-state index contributed by atoms with van der Waals surface area (Å²) in [6, 6.07) is 12.8. The minimum Gasteiger partial charge on any atom is -0.444 e. The predicted octanol–water partition coefficient (Wildman–Crippen LogP) is 3.21. The molecule has 0 bridgehead atoms. The summed E-state index contributed by atoms with van der Waals surface area (Å²) in [5.74, 6) is -0.670. The van der Waals surface area contributed by atoms with Crippen molar-refractivity contribution in [3.05, 3.63) is 64.3 Å². The van der Waals surface area contributed by atoms with Crippen molar-refractivity contribution >= 4 is 33.4 Å².